The van der Waals surface area contributed by atoms with Crippen LogP contribution in [0.5, 0.6) is 0 Å². The van der Waals surface area contributed by atoms with Crippen LogP contribution in [0.1, 0.15) is 50.3 Å². The fourth-order valence-electron chi connectivity index (χ4n) is 5.89. The Morgan fingerprint density at radius 1 is 1.02 bits per heavy atom. The number of aliphatic imine (C=N–C) groups is 2. The second-order valence-corrected chi connectivity index (χ2v) is 12.5. The van der Waals surface area contributed by atoms with Gasteiger partial charge < -0.3 is 26.6 Å². The summed E-state index contributed by atoms with van der Waals surface area (Å²) >= 11 is 19.2. The number of anilines is 4. The van der Waals surface area contributed by atoms with E-state index in [-0.39, 0.29) is 29.9 Å². The van der Waals surface area contributed by atoms with Gasteiger partial charge in [0, 0.05) is 35.8 Å². The number of carbonyl (C=O) groups is 2. The number of amides is 3. The van der Waals surface area contributed by atoms with Crippen LogP contribution in [0.2, 0.25) is 15.1 Å². The number of piperidine rings is 1. The highest BCUT2D eigenvalue weighted by Gasteiger charge is 2.31. The number of aryl methyl sites for hydroxylation is 1. The molecule has 5 N–H and O–H groups in total. The summed E-state index contributed by atoms with van der Waals surface area (Å²) < 4.78 is 2.04. The average Bonchev–Trinajstić information content (AvgIpc) is 3.33. The fraction of sp³-hybridized carbons (Fsp3) is 0.387. The van der Waals surface area contributed by atoms with E-state index >= 15 is 0 Å². The van der Waals surface area contributed by atoms with E-state index < -0.39 is 0 Å². The first-order valence-electron chi connectivity index (χ1n) is 14.8. The van der Waals surface area contributed by atoms with E-state index in [0.717, 1.165) is 18.5 Å². The number of urea groups is 1. The number of hydrogen-bond acceptors (Lipinski definition) is 5. The van der Waals surface area contributed by atoms with E-state index in [1.54, 1.807) is 17.0 Å². The molecule has 0 unspecified atom stereocenters. The lowest BCUT2D eigenvalue weighted by atomic mass is 9.85. The van der Waals surface area contributed by atoms with E-state index in [1.807, 2.05) is 41.8 Å². The van der Waals surface area contributed by atoms with Crippen LogP contribution in [0.3, 0.4) is 0 Å². The minimum absolute atomic E-state index is 0.0189. The molecule has 238 valence electrons. The summed E-state index contributed by atoms with van der Waals surface area (Å²) in [6.45, 7) is 6.71. The Morgan fingerprint density at radius 2 is 1.71 bits per heavy atom. The van der Waals surface area contributed by atoms with Gasteiger partial charge in [0.15, 0.2) is 0 Å². The third-order valence-electron chi connectivity index (χ3n) is 8.19. The van der Waals surface area contributed by atoms with Crippen LogP contribution in [0.25, 0.3) is 0 Å². The van der Waals surface area contributed by atoms with Gasteiger partial charge in [-0.3, -0.25) is 9.36 Å². The van der Waals surface area contributed by atoms with Crippen LogP contribution in [0.15, 0.2) is 52.4 Å². The van der Waals surface area contributed by atoms with E-state index in [1.165, 1.54) is 0 Å². The van der Waals surface area contributed by atoms with Crippen molar-refractivity contribution in [1.29, 1.82) is 0 Å². The van der Waals surface area contributed by atoms with E-state index in [9.17, 15) is 9.59 Å². The van der Waals surface area contributed by atoms with Gasteiger partial charge in [0.1, 0.15) is 5.82 Å². The number of benzene rings is 2. The van der Waals surface area contributed by atoms with Crippen molar-refractivity contribution < 1.29 is 9.59 Å². The molecular formula is C31H36Cl3N9O2. The standard InChI is InChI=1S/C31H36Cl3N9O2/c1-18-28(41-29(36-2)38-22-9-6-14-42(17-22)31(45)39-21-7-4-3-5-8-21)43(23-12-10-19(11-13-23)27(35)44)30(37-18)40-26-24(33)15-20(32)16-25(26)34/h3-5,7-8,15-16,19,22-23H,2,6,9-14,17H2,1H3,(H2,35,44)(H,37,40)(H,38,41)(H,39,45)/t19?,22-,23?/m1/s1. The number of hydrogen-bond donors (Lipinski definition) is 4. The summed E-state index contributed by atoms with van der Waals surface area (Å²) in [4.78, 5) is 40.5. The zero-order chi connectivity index (χ0) is 32.1. The summed E-state index contributed by atoms with van der Waals surface area (Å²) in [5.74, 6) is 1.04. The van der Waals surface area contributed by atoms with E-state index in [2.05, 4.69) is 27.7 Å². The molecule has 11 nitrogen and oxygen atoms in total. The van der Waals surface area contributed by atoms with Crippen molar-refractivity contribution in [3.8, 4) is 0 Å². The molecule has 1 atom stereocenters. The SMILES string of the molecule is C=NC(=N[C@@H]1CCCN(C(=O)Nc2ccccc2)C1)Nc1c(C)nc(Nc2c(Cl)cc(Cl)cc2Cl)n1C1CCC(C(N)=O)CC1. The number of primary amides is 1. The third kappa shape index (κ3) is 7.89. The summed E-state index contributed by atoms with van der Waals surface area (Å²) in [6.07, 6.45) is 4.32. The quantitative estimate of drug-likeness (QED) is 0.154. The second kappa shape index (κ2) is 14.5. The molecule has 2 fully saturated rings. The Kier molecular flexibility index (Phi) is 10.5. The van der Waals surface area contributed by atoms with Gasteiger partial charge in [-0.1, -0.05) is 53.0 Å². The Bertz CT molecular complexity index is 1560. The van der Waals surface area contributed by atoms with Crippen molar-refractivity contribution in [2.24, 2.45) is 21.6 Å². The Hall–Kier alpha value is -3.80. The maximum atomic E-state index is 12.9. The molecule has 1 aliphatic carbocycles. The van der Waals surface area contributed by atoms with Crippen LogP contribution in [-0.4, -0.2) is 58.2 Å². The van der Waals surface area contributed by atoms with Gasteiger partial charge in [-0.05, 0) is 76.4 Å². The summed E-state index contributed by atoms with van der Waals surface area (Å²) in [6, 6.07) is 12.2. The van der Waals surface area contributed by atoms with Gasteiger partial charge >= 0.3 is 6.03 Å². The minimum Gasteiger partial charge on any atom is -0.369 e. The van der Waals surface area contributed by atoms with Crippen LogP contribution >= 0.6 is 34.8 Å². The molecule has 3 amide bonds. The first kappa shape index (κ1) is 32.6. The summed E-state index contributed by atoms with van der Waals surface area (Å²) in [7, 11) is 0. The third-order valence-corrected chi connectivity index (χ3v) is 9.00. The van der Waals surface area contributed by atoms with Crippen molar-refractivity contribution in [1.82, 2.24) is 14.5 Å². The normalized spacial score (nSPS) is 20.4. The van der Waals surface area contributed by atoms with Gasteiger partial charge in [-0.25, -0.2) is 19.8 Å². The minimum atomic E-state index is -0.282. The van der Waals surface area contributed by atoms with Gasteiger partial charge in [-0.2, -0.15) is 0 Å². The smallest absolute Gasteiger partial charge is 0.321 e. The summed E-state index contributed by atoms with van der Waals surface area (Å²) in [5, 5.41) is 10.7. The Balaban J connectivity index is 1.40. The van der Waals surface area contributed by atoms with Crippen LogP contribution in [0, 0.1) is 12.8 Å². The molecule has 0 bridgehead atoms. The average molecular weight is 673 g/mol. The number of guanidine groups is 1. The number of nitrogens with two attached hydrogens (primary N) is 1. The highest BCUT2D eigenvalue weighted by molar-refractivity contribution is 6.41. The Labute approximate surface area is 277 Å². The van der Waals surface area contributed by atoms with E-state index in [0.29, 0.717) is 82.9 Å². The molecule has 1 saturated carbocycles. The first-order valence-corrected chi connectivity index (χ1v) is 16.0. The molecule has 2 heterocycles. The molecule has 2 aliphatic rings. The van der Waals surface area contributed by atoms with Gasteiger partial charge in [-0.15, -0.1) is 0 Å². The number of rotatable bonds is 7. The van der Waals surface area contributed by atoms with Gasteiger partial charge in [0.05, 0.1) is 27.5 Å². The monoisotopic (exact) mass is 671 g/mol. The number of halogens is 3. The molecule has 2 aromatic carbocycles. The van der Waals surface area contributed by atoms with Crippen LogP contribution < -0.4 is 21.7 Å². The molecule has 3 aromatic rings. The summed E-state index contributed by atoms with van der Waals surface area (Å²) in [5.41, 5.74) is 7.51. The number of aromatic nitrogens is 2. The Morgan fingerprint density at radius 3 is 2.36 bits per heavy atom. The zero-order valence-corrected chi connectivity index (χ0v) is 27.2. The lowest BCUT2D eigenvalue weighted by Gasteiger charge is -2.31. The number of carbonyl (C=O) groups excluding carboxylic acids is 2. The fourth-order valence-corrected chi connectivity index (χ4v) is 6.80. The first-order chi connectivity index (χ1) is 21.6. The van der Waals surface area contributed by atoms with Crippen molar-refractivity contribution in [2.75, 3.05) is 29.0 Å². The van der Waals surface area contributed by atoms with Crippen LogP contribution in [0.4, 0.5) is 27.9 Å². The van der Waals surface area contributed by atoms with Gasteiger partial charge in [0.25, 0.3) is 0 Å². The predicted molar refractivity (Wildman–Crippen MR) is 183 cm³/mol. The molecule has 5 rings (SSSR count). The number of nitrogens with one attached hydrogen (secondary N) is 3. The molecule has 1 aromatic heterocycles. The lowest BCUT2D eigenvalue weighted by molar-refractivity contribution is -0.122. The molecular weight excluding hydrogens is 637 g/mol. The topological polar surface area (TPSA) is 142 Å². The van der Waals surface area contributed by atoms with Crippen molar-refractivity contribution in [2.45, 2.75) is 57.5 Å². The number of likely N-dealkylation sites (tertiary alicyclic amines) is 1. The second-order valence-electron chi connectivity index (χ2n) is 11.3. The maximum Gasteiger partial charge on any atom is 0.321 e. The lowest BCUT2D eigenvalue weighted by Crippen LogP contribution is -2.44. The van der Waals surface area contributed by atoms with Gasteiger partial charge in [0.2, 0.25) is 17.8 Å². The van der Waals surface area contributed by atoms with Crippen molar-refractivity contribution in [3.05, 3.63) is 63.2 Å². The maximum absolute atomic E-state index is 12.9. The predicted octanol–water partition coefficient (Wildman–Crippen LogP) is 7.28. The highest BCUT2D eigenvalue weighted by Crippen LogP contribution is 2.41. The van der Waals surface area contributed by atoms with Crippen molar-refractivity contribution in [3.63, 3.8) is 0 Å². The number of para-hydroxylation sites is 1. The molecule has 14 heteroatoms. The number of nitrogens with zero attached hydrogens (tertiary/aromatic N) is 5. The van der Waals surface area contributed by atoms with Crippen molar-refractivity contribution >= 4 is 82.6 Å². The van der Waals surface area contributed by atoms with Crippen LogP contribution in [-0.2, 0) is 4.79 Å². The zero-order valence-electron chi connectivity index (χ0n) is 24.9. The molecule has 0 radical (unpaired) electrons. The molecule has 1 saturated heterocycles. The van der Waals surface area contributed by atoms with E-state index in [4.69, 9.17) is 50.5 Å². The largest absolute Gasteiger partial charge is 0.369 e. The molecule has 45 heavy (non-hydrogen) atoms. The molecule has 0 spiro atoms. The molecule has 1 aliphatic heterocycles. The number of imidazole rings is 1. The highest BCUT2D eigenvalue weighted by atomic mass is 35.5.